The van der Waals surface area contributed by atoms with Crippen molar-refractivity contribution in [2.45, 2.75) is 18.4 Å². The smallest absolute Gasteiger partial charge is 0.224 e. The van der Waals surface area contributed by atoms with Gasteiger partial charge in [0.05, 0.1) is 12.7 Å². The molecule has 0 aliphatic heterocycles. The lowest BCUT2D eigenvalue weighted by Crippen LogP contribution is -2.24. The van der Waals surface area contributed by atoms with E-state index in [2.05, 4.69) is 15.3 Å². The van der Waals surface area contributed by atoms with Gasteiger partial charge in [-0.1, -0.05) is 48.5 Å². The lowest BCUT2D eigenvalue weighted by Gasteiger charge is -2.22. The van der Waals surface area contributed by atoms with E-state index in [0.29, 0.717) is 12.2 Å². The number of aromatic nitrogens is 2. The highest BCUT2D eigenvalue weighted by atomic mass is 35.5. The molecule has 3 N–H and O–H groups in total. The molecule has 1 heterocycles. The first-order valence-corrected chi connectivity index (χ1v) is 8.72. The van der Waals surface area contributed by atoms with Crippen LogP contribution in [0.25, 0.3) is 0 Å². The fourth-order valence-electron chi connectivity index (χ4n) is 2.88. The van der Waals surface area contributed by atoms with Gasteiger partial charge in [-0.2, -0.15) is 0 Å². The largest absolute Gasteiger partial charge is 0.396 e. The van der Waals surface area contributed by atoms with Crippen molar-refractivity contribution >= 4 is 23.1 Å². The van der Waals surface area contributed by atoms with Crippen molar-refractivity contribution in [2.75, 3.05) is 11.9 Å². The number of halogens is 1. The van der Waals surface area contributed by atoms with Crippen LogP contribution in [0.5, 0.6) is 0 Å². The number of para-hydroxylation sites is 1. The molecule has 0 spiro atoms. The minimum atomic E-state index is -0.723. The Bertz CT molecular complexity index is 845. The van der Waals surface area contributed by atoms with Gasteiger partial charge in [-0.05, 0) is 34.9 Å². The summed E-state index contributed by atoms with van der Waals surface area (Å²) in [6.07, 6.45) is 1.24. The summed E-state index contributed by atoms with van der Waals surface area (Å²) in [6, 6.07) is 18.9. The molecule has 5 nitrogen and oxygen atoms in total. The molecule has 0 radical (unpaired) electrons. The van der Waals surface area contributed by atoms with Gasteiger partial charge in [0, 0.05) is 24.2 Å². The minimum Gasteiger partial charge on any atom is -0.396 e. The third kappa shape index (κ3) is 4.58. The maximum Gasteiger partial charge on any atom is 0.224 e. The molecule has 134 valence electrons. The number of rotatable bonds is 7. The van der Waals surface area contributed by atoms with Crippen molar-refractivity contribution < 1.29 is 10.2 Å². The summed E-state index contributed by atoms with van der Waals surface area (Å²) >= 11 is 5.83. The van der Waals surface area contributed by atoms with Gasteiger partial charge in [-0.25, -0.2) is 9.97 Å². The summed E-state index contributed by atoms with van der Waals surface area (Å²) in [4.78, 5) is 7.99. The zero-order valence-corrected chi connectivity index (χ0v) is 14.8. The van der Waals surface area contributed by atoms with Crippen LogP contribution >= 0.6 is 11.6 Å². The molecule has 26 heavy (non-hydrogen) atoms. The summed E-state index contributed by atoms with van der Waals surface area (Å²) in [6.45, 7) is -0.123. The third-order valence-electron chi connectivity index (χ3n) is 4.22. The highest BCUT2D eigenvalue weighted by Crippen LogP contribution is 2.26. The van der Waals surface area contributed by atoms with Crippen molar-refractivity contribution in [1.82, 2.24) is 9.97 Å². The Kier molecular flexibility index (Phi) is 6.17. The van der Waals surface area contributed by atoms with Gasteiger partial charge in [0.15, 0.2) is 0 Å². The van der Waals surface area contributed by atoms with Gasteiger partial charge in [0.2, 0.25) is 5.28 Å². The average molecular weight is 370 g/mol. The summed E-state index contributed by atoms with van der Waals surface area (Å²) in [5.41, 5.74) is 2.66. The van der Waals surface area contributed by atoms with Crippen molar-refractivity contribution in [3.63, 3.8) is 0 Å². The van der Waals surface area contributed by atoms with Gasteiger partial charge in [0.25, 0.3) is 0 Å². The monoisotopic (exact) mass is 369 g/mol. The maximum absolute atomic E-state index is 10.7. The molecule has 2 atom stereocenters. The SMILES string of the molecule is OCC(c1ccccc1)C(O)Cc1ccccc1Nc1ccnc(Cl)n1. The molecule has 3 aromatic rings. The van der Waals surface area contributed by atoms with E-state index in [1.54, 1.807) is 12.3 Å². The molecule has 0 saturated carbocycles. The number of hydrogen-bond donors (Lipinski definition) is 3. The van der Waals surface area contributed by atoms with Crippen LogP contribution in [0.3, 0.4) is 0 Å². The molecule has 0 aliphatic rings. The predicted octanol–water partition coefficient (Wildman–Crippen LogP) is 3.55. The second-order valence-corrected chi connectivity index (χ2v) is 6.30. The normalized spacial score (nSPS) is 13.2. The Labute approximate surface area is 157 Å². The van der Waals surface area contributed by atoms with Crippen molar-refractivity contribution in [2.24, 2.45) is 0 Å². The molecule has 6 heteroatoms. The summed E-state index contributed by atoms with van der Waals surface area (Å²) in [5, 5.41) is 23.8. The summed E-state index contributed by atoms with van der Waals surface area (Å²) in [5.74, 6) is 0.228. The van der Waals surface area contributed by atoms with E-state index >= 15 is 0 Å². The molecule has 2 aromatic carbocycles. The summed E-state index contributed by atoms with van der Waals surface area (Å²) < 4.78 is 0. The Hall–Kier alpha value is -2.47. The van der Waals surface area contributed by atoms with Gasteiger partial charge in [-0.15, -0.1) is 0 Å². The number of nitrogens with zero attached hydrogens (tertiary/aromatic N) is 2. The minimum absolute atomic E-state index is 0.123. The molecular formula is C20H20ClN3O2. The van der Waals surface area contributed by atoms with Crippen LogP contribution in [-0.4, -0.2) is 32.9 Å². The van der Waals surface area contributed by atoms with Crippen LogP contribution in [0.1, 0.15) is 17.0 Å². The zero-order valence-electron chi connectivity index (χ0n) is 14.1. The maximum atomic E-state index is 10.7. The number of nitrogens with one attached hydrogen (secondary N) is 1. The van der Waals surface area contributed by atoms with Crippen LogP contribution in [0.4, 0.5) is 11.5 Å². The molecule has 0 amide bonds. The standard InChI is InChI=1S/C20H20ClN3O2/c21-20-22-11-10-19(24-20)23-17-9-5-4-8-15(17)12-18(26)16(13-25)14-6-2-1-3-7-14/h1-11,16,18,25-26H,12-13H2,(H,22,23,24). The first-order valence-electron chi connectivity index (χ1n) is 8.34. The lowest BCUT2D eigenvalue weighted by molar-refractivity contribution is 0.107. The van der Waals surface area contributed by atoms with Crippen molar-refractivity contribution in [3.8, 4) is 0 Å². The fraction of sp³-hybridized carbons (Fsp3) is 0.200. The topological polar surface area (TPSA) is 78.3 Å². The van der Waals surface area contributed by atoms with Gasteiger partial charge in [-0.3, -0.25) is 0 Å². The molecule has 0 bridgehead atoms. The molecule has 1 aromatic heterocycles. The molecule has 0 saturated heterocycles. The van der Waals surface area contributed by atoms with Gasteiger partial charge in [0.1, 0.15) is 5.82 Å². The molecular weight excluding hydrogens is 350 g/mol. The lowest BCUT2D eigenvalue weighted by atomic mass is 9.90. The number of aliphatic hydroxyl groups excluding tert-OH is 2. The molecule has 0 aliphatic carbocycles. The van der Waals surface area contributed by atoms with E-state index in [1.807, 2.05) is 54.6 Å². The van der Waals surface area contributed by atoms with E-state index in [-0.39, 0.29) is 17.8 Å². The van der Waals surface area contributed by atoms with Gasteiger partial charge < -0.3 is 15.5 Å². The Morgan fingerprint density at radius 2 is 1.73 bits per heavy atom. The van der Waals surface area contributed by atoms with Crippen LogP contribution < -0.4 is 5.32 Å². The van der Waals surface area contributed by atoms with E-state index in [1.165, 1.54) is 0 Å². The third-order valence-corrected chi connectivity index (χ3v) is 4.41. The fourth-order valence-corrected chi connectivity index (χ4v) is 3.03. The van der Waals surface area contributed by atoms with Crippen molar-refractivity contribution in [3.05, 3.63) is 83.3 Å². The Morgan fingerprint density at radius 1 is 1.00 bits per heavy atom. The van der Waals surface area contributed by atoms with Gasteiger partial charge >= 0.3 is 0 Å². The number of aliphatic hydroxyl groups is 2. The summed E-state index contributed by atoms with van der Waals surface area (Å²) in [7, 11) is 0. The highest BCUT2D eigenvalue weighted by Gasteiger charge is 2.21. The van der Waals surface area contributed by atoms with Crippen LogP contribution in [0.15, 0.2) is 66.9 Å². The second-order valence-electron chi connectivity index (χ2n) is 5.96. The van der Waals surface area contributed by atoms with E-state index in [4.69, 9.17) is 11.6 Å². The van der Waals surface area contributed by atoms with E-state index in [0.717, 1.165) is 16.8 Å². The Morgan fingerprint density at radius 3 is 2.46 bits per heavy atom. The van der Waals surface area contributed by atoms with Crippen LogP contribution in [-0.2, 0) is 6.42 Å². The van der Waals surface area contributed by atoms with Crippen LogP contribution in [0, 0.1) is 0 Å². The average Bonchev–Trinajstić information content (AvgIpc) is 2.65. The van der Waals surface area contributed by atoms with E-state index in [9.17, 15) is 10.2 Å². The van der Waals surface area contributed by atoms with E-state index < -0.39 is 6.10 Å². The number of benzene rings is 2. The highest BCUT2D eigenvalue weighted by molar-refractivity contribution is 6.28. The number of anilines is 2. The first-order chi connectivity index (χ1) is 12.7. The van der Waals surface area contributed by atoms with Crippen molar-refractivity contribution in [1.29, 1.82) is 0 Å². The second kappa shape index (κ2) is 8.76. The molecule has 2 unspecified atom stereocenters. The Balaban J connectivity index is 1.79. The first kappa shape index (κ1) is 18.3. The predicted molar refractivity (Wildman–Crippen MR) is 103 cm³/mol. The quantitative estimate of drug-likeness (QED) is 0.555. The number of hydrogen-bond acceptors (Lipinski definition) is 5. The van der Waals surface area contributed by atoms with Crippen LogP contribution in [0.2, 0.25) is 5.28 Å². The molecule has 0 fully saturated rings. The molecule has 3 rings (SSSR count). The zero-order chi connectivity index (χ0) is 18.4.